The van der Waals surface area contributed by atoms with Crippen LogP contribution in [-0.4, -0.2) is 18.3 Å². The van der Waals surface area contributed by atoms with Crippen molar-refractivity contribution in [1.82, 2.24) is 5.16 Å². The van der Waals surface area contributed by atoms with Crippen LogP contribution in [0.1, 0.15) is 0 Å². The Hall–Kier alpha value is -1.99. The first-order chi connectivity index (χ1) is 10.6. The molecule has 4 nitrogen and oxygen atoms in total. The van der Waals surface area contributed by atoms with Crippen LogP contribution in [0, 0.1) is 11.6 Å². The van der Waals surface area contributed by atoms with Gasteiger partial charge in [-0.05, 0) is 40.2 Å². The molecule has 3 rings (SSSR count). The highest BCUT2D eigenvalue weighted by molar-refractivity contribution is 9.10. The molecule has 0 bridgehead atoms. The van der Waals surface area contributed by atoms with Gasteiger partial charge in [-0.3, -0.25) is 0 Å². The number of halogens is 3. The molecule has 1 heterocycles. The summed E-state index contributed by atoms with van der Waals surface area (Å²) in [7, 11) is 0. The summed E-state index contributed by atoms with van der Waals surface area (Å²) in [5, 5.41) is 4.22. The fourth-order valence-electron chi connectivity index (χ4n) is 2.17. The molecule has 2 N–H and O–H groups in total. The summed E-state index contributed by atoms with van der Waals surface area (Å²) in [4.78, 5) is 0. The predicted molar refractivity (Wildman–Crippen MR) is 81.6 cm³/mol. The summed E-state index contributed by atoms with van der Waals surface area (Å²) in [5.74, 6) is -1.04. The van der Waals surface area contributed by atoms with Gasteiger partial charge in [0.2, 0.25) is 0 Å². The number of benzene rings is 2. The van der Waals surface area contributed by atoms with Crippen molar-refractivity contribution < 1.29 is 18.0 Å². The lowest BCUT2D eigenvalue weighted by molar-refractivity contribution is 0.332. The highest BCUT2D eigenvalue weighted by Crippen LogP contribution is 2.40. The van der Waals surface area contributed by atoms with Crippen LogP contribution in [0.25, 0.3) is 22.2 Å². The maximum Gasteiger partial charge on any atom is 0.185 e. The monoisotopic (exact) mass is 368 g/mol. The Kier molecular flexibility index (Phi) is 4.08. The van der Waals surface area contributed by atoms with Gasteiger partial charge < -0.3 is 15.0 Å². The van der Waals surface area contributed by atoms with Gasteiger partial charge in [-0.15, -0.1) is 0 Å². The van der Waals surface area contributed by atoms with E-state index in [-0.39, 0.29) is 17.9 Å². The summed E-state index contributed by atoms with van der Waals surface area (Å²) < 4.78 is 39.4. The van der Waals surface area contributed by atoms with Crippen molar-refractivity contribution in [3.05, 3.63) is 46.4 Å². The molecular formula is C15H11BrF2N2O2. The van der Waals surface area contributed by atoms with E-state index in [4.69, 9.17) is 15.0 Å². The molecule has 0 spiro atoms. The average molecular weight is 369 g/mol. The van der Waals surface area contributed by atoms with Gasteiger partial charge in [0.15, 0.2) is 5.58 Å². The maximum absolute atomic E-state index is 14.0. The second kappa shape index (κ2) is 6.02. The molecule has 0 aliphatic rings. The predicted octanol–water partition coefficient (Wildman–Crippen LogP) is 3.87. The molecule has 0 saturated carbocycles. The van der Waals surface area contributed by atoms with Crippen LogP contribution < -0.4 is 10.5 Å². The van der Waals surface area contributed by atoms with Crippen molar-refractivity contribution in [3.63, 3.8) is 0 Å². The van der Waals surface area contributed by atoms with E-state index in [1.807, 2.05) is 0 Å². The second-order valence-corrected chi connectivity index (χ2v) is 5.37. The molecule has 0 saturated heterocycles. The van der Waals surface area contributed by atoms with Gasteiger partial charge in [0.1, 0.15) is 29.7 Å². The SMILES string of the molecule is NCCOc1ccc(Br)c2onc(-c3c(F)cccc3F)c12. The van der Waals surface area contributed by atoms with Crippen molar-refractivity contribution in [2.45, 2.75) is 0 Å². The lowest BCUT2D eigenvalue weighted by Crippen LogP contribution is -2.10. The van der Waals surface area contributed by atoms with Crippen LogP contribution in [-0.2, 0) is 0 Å². The summed E-state index contributed by atoms with van der Waals surface area (Å²) in [6.45, 7) is 0.577. The quantitative estimate of drug-likeness (QED) is 0.759. The molecule has 2 aromatic carbocycles. The molecule has 22 heavy (non-hydrogen) atoms. The molecule has 3 aromatic rings. The van der Waals surface area contributed by atoms with Gasteiger partial charge in [0.05, 0.1) is 15.4 Å². The van der Waals surface area contributed by atoms with Crippen LogP contribution >= 0.6 is 15.9 Å². The summed E-state index contributed by atoms with van der Waals surface area (Å²) in [6.07, 6.45) is 0. The highest BCUT2D eigenvalue weighted by Gasteiger charge is 2.22. The van der Waals surface area contributed by atoms with Gasteiger partial charge in [0.25, 0.3) is 0 Å². The Morgan fingerprint density at radius 2 is 1.91 bits per heavy atom. The van der Waals surface area contributed by atoms with Crippen molar-refractivity contribution >= 4 is 26.9 Å². The smallest absolute Gasteiger partial charge is 0.185 e. The number of nitrogens with zero attached hydrogens (tertiary/aromatic N) is 1. The minimum atomic E-state index is -0.722. The van der Waals surface area contributed by atoms with E-state index in [1.165, 1.54) is 6.07 Å². The summed E-state index contributed by atoms with van der Waals surface area (Å²) in [5.41, 5.74) is 5.59. The fraction of sp³-hybridized carbons (Fsp3) is 0.133. The van der Waals surface area contributed by atoms with E-state index in [0.29, 0.717) is 27.7 Å². The van der Waals surface area contributed by atoms with E-state index >= 15 is 0 Å². The van der Waals surface area contributed by atoms with Crippen LogP contribution in [0.15, 0.2) is 39.3 Å². The van der Waals surface area contributed by atoms with Crippen LogP contribution in [0.2, 0.25) is 0 Å². The Morgan fingerprint density at radius 1 is 1.18 bits per heavy atom. The van der Waals surface area contributed by atoms with Gasteiger partial charge >= 0.3 is 0 Å². The number of ether oxygens (including phenoxy) is 1. The van der Waals surface area contributed by atoms with Gasteiger partial charge in [-0.25, -0.2) is 8.78 Å². The zero-order valence-corrected chi connectivity index (χ0v) is 12.9. The third-order valence-corrected chi connectivity index (χ3v) is 3.74. The molecule has 114 valence electrons. The standard InChI is InChI=1S/C15H11BrF2N2O2/c16-8-4-5-11(21-7-6-19)13-14(20-22-15(8)13)12-9(17)2-1-3-10(12)18/h1-5H,6-7,19H2. The Morgan fingerprint density at radius 3 is 2.59 bits per heavy atom. The average Bonchev–Trinajstić information content (AvgIpc) is 2.92. The van der Waals surface area contributed by atoms with Gasteiger partial charge in [0, 0.05) is 6.54 Å². The lowest BCUT2D eigenvalue weighted by atomic mass is 10.1. The lowest BCUT2D eigenvalue weighted by Gasteiger charge is -2.08. The van der Waals surface area contributed by atoms with Crippen molar-refractivity contribution in [2.75, 3.05) is 13.2 Å². The zero-order chi connectivity index (χ0) is 15.7. The highest BCUT2D eigenvalue weighted by atomic mass is 79.9. The van der Waals surface area contributed by atoms with Crippen molar-refractivity contribution in [3.8, 4) is 17.0 Å². The number of fused-ring (bicyclic) bond motifs is 1. The topological polar surface area (TPSA) is 61.3 Å². The molecule has 0 atom stereocenters. The molecule has 0 amide bonds. The molecule has 0 unspecified atom stereocenters. The fourth-order valence-corrected chi connectivity index (χ4v) is 2.58. The van der Waals surface area contributed by atoms with E-state index in [0.717, 1.165) is 12.1 Å². The van der Waals surface area contributed by atoms with E-state index < -0.39 is 11.6 Å². The minimum Gasteiger partial charge on any atom is -0.491 e. The van der Waals surface area contributed by atoms with Crippen molar-refractivity contribution in [2.24, 2.45) is 5.73 Å². The summed E-state index contributed by atoms with van der Waals surface area (Å²) >= 11 is 3.32. The summed E-state index contributed by atoms with van der Waals surface area (Å²) in [6, 6.07) is 7.00. The van der Waals surface area contributed by atoms with Crippen LogP contribution in [0.5, 0.6) is 5.75 Å². The van der Waals surface area contributed by atoms with Crippen molar-refractivity contribution in [1.29, 1.82) is 0 Å². The Balaban J connectivity index is 2.29. The molecule has 0 radical (unpaired) electrons. The molecule has 1 aromatic heterocycles. The zero-order valence-electron chi connectivity index (χ0n) is 11.3. The maximum atomic E-state index is 14.0. The van der Waals surface area contributed by atoms with E-state index in [1.54, 1.807) is 12.1 Å². The number of rotatable bonds is 4. The molecule has 0 fully saturated rings. The second-order valence-electron chi connectivity index (χ2n) is 4.51. The largest absolute Gasteiger partial charge is 0.491 e. The number of hydrogen-bond acceptors (Lipinski definition) is 4. The number of nitrogens with two attached hydrogens (primary N) is 1. The van der Waals surface area contributed by atoms with E-state index in [2.05, 4.69) is 21.1 Å². The minimum absolute atomic E-state index is 0.0546. The van der Waals surface area contributed by atoms with Gasteiger partial charge in [-0.1, -0.05) is 11.2 Å². The van der Waals surface area contributed by atoms with E-state index in [9.17, 15) is 8.78 Å². The molecule has 0 aliphatic carbocycles. The van der Waals surface area contributed by atoms with Gasteiger partial charge in [-0.2, -0.15) is 0 Å². The Bertz CT molecular complexity index is 816. The van der Waals surface area contributed by atoms with Crippen LogP contribution in [0.3, 0.4) is 0 Å². The normalized spacial score (nSPS) is 11.1. The third kappa shape index (κ3) is 2.46. The molecule has 0 aliphatic heterocycles. The third-order valence-electron chi connectivity index (χ3n) is 3.11. The first kappa shape index (κ1) is 14.9. The Labute approximate surface area is 133 Å². The number of hydrogen-bond donors (Lipinski definition) is 1. The molecular weight excluding hydrogens is 358 g/mol. The molecule has 7 heteroatoms. The number of aromatic nitrogens is 1. The first-order valence-electron chi connectivity index (χ1n) is 6.48. The first-order valence-corrected chi connectivity index (χ1v) is 7.28. The van der Waals surface area contributed by atoms with Crippen LogP contribution in [0.4, 0.5) is 8.78 Å².